The number of carbonyl (C=O) groups excluding carboxylic acids is 1. The first-order chi connectivity index (χ1) is 8.40. The monoisotopic (exact) mass is 266 g/mol. The lowest BCUT2D eigenvalue weighted by Gasteiger charge is -2.19. The van der Waals surface area contributed by atoms with Gasteiger partial charge in [0.05, 0.1) is 6.61 Å². The Bertz CT molecular complexity index is 379. The Morgan fingerprint density at radius 1 is 1.17 bits per heavy atom. The Kier molecular flexibility index (Phi) is 5.41. The molecule has 0 aliphatic carbocycles. The molecule has 0 spiro atoms. The number of hydrogen-bond acceptors (Lipinski definition) is 3. The zero-order valence-electron chi connectivity index (χ0n) is 11.7. The molecule has 0 aromatic heterocycles. The maximum Gasteiger partial charge on any atom is 0.306 e. The van der Waals surface area contributed by atoms with Gasteiger partial charge < -0.3 is 9.16 Å². The molecule has 0 fully saturated rings. The Morgan fingerprint density at radius 2 is 1.78 bits per heavy atom. The minimum absolute atomic E-state index is 0.139. The van der Waals surface area contributed by atoms with Crippen LogP contribution in [0.2, 0.25) is 19.6 Å². The molecular weight excluding hydrogens is 244 g/mol. The van der Waals surface area contributed by atoms with Gasteiger partial charge in [-0.2, -0.15) is 0 Å². The number of rotatable bonds is 6. The van der Waals surface area contributed by atoms with E-state index in [2.05, 4.69) is 19.6 Å². The van der Waals surface area contributed by atoms with Crippen LogP contribution in [0.5, 0.6) is 5.75 Å². The van der Waals surface area contributed by atoms with Crippen LogP contribution in [0.25, 0.3) is 0 Å². The fourth-order valence-corrected chi connectivity index (χ4v) is 2.40. The van der Waals surface area contributed by atoms with Crippen LogP contribution in [0, 0.1) is 0 Å². The predicted molar refractivity (Wildman–Crippen MR) is 75.4 cm³/mol. The molecule has 1 aromatic rings. The van der Waals surface area contributed by atoms with E-state index < -0.39 is 8.32 Å². The predicted octanol–water partition coefficient (Wildman–Crippen LogP) is 3.40. The number of esters is 1. The molecule has 3 nitrogen and oxygen atoms in total. The largest absolute Gasteiger partial charge is 0.544 e. The first-order valence-electron chi connectivity index (χ1n) is 6.34. The van der Waals surface area contributed by atoms with Crippen LogP contribution >= 0.6 is 0 Å². The van der Waals surface area contributed by atoms with Crippen molar-refractivity contribution in [2.75, 3.05) is 6.61 Å². The lowest BCUT2D eigenvalue weighted by molar-refractivity contribution is -0.143. The standard InChI is InChI=1S/C14H22O3Si/c1-5-16-14(15)11-8-12-6-9-13(10-7-12)17-18(2,3)4/h6-7,9-10H,5,8,11H2,1-4H3. The summed E-state index contributed by atoms with van der Waals surface area (Å²) in [6, 6.07) is 7.96. The van der Waals surface area contributed by atoms with E-state index in [0.29, 0.717) is 19.4 Å². The SMILES string of the molecule is CCOC(=O)CCc1ccc(O[Si](C)(C)C)cc1. The third kappa shape index (κ3) is 5.86. The van der Waals surface area contributed by atoms with E-state index in [-0.39, 0.29) is 5.97 Å². The second kappa shape index (κ2) is 6.59. The topological polar surface area (TPSA) is 35.5 Å². The molecule has 0 bridgehead atoms. The zero-order chi connectivity index (χ0) is 13.6. The van der Waals surface area contributed by atoms with E-state index in [1.165, 1.54) is 0 Å². The van der Waals surface area contributed by atoms with Crippen molar-refractivity contribution in [2.45, 2.75) is 39.4 Å². The number of ether oxygens (including phenoxy) is 1. The molecule has 1 aromatic carbocycles. The minimum atomic E-state index is -1.54. The number of carbonyl (C=O) groups is 1. The summed E-state index contributed by atoms with van der Waals surface area (Å²) in [6.45, 7) is 8.73. The highest BCUT2D eigenvalue weighted by atomic mass is 28.4. The van der Waals surface area contributed by atoms with Crippen molar-refractivity contribution in [1.82, 2.24) is 0 Å². The van der Waals surface area contributed by atoms with Gasteiger partial charge in [0.2, 0.25) is 8.32 Å². The summed E-state index contributed by atoms with van der Waals surface area (Å²) < 4.78 is 10.8. The third-order valence-electron chi connectivity index (χ3n) is 2.27. The molecule has 0 atom stereocenters. The highest BCUT2D eigenvalue weighted by molar-refractivity contribution is 6.70. The second-order valence-electron chi connectivity index (χ2n) is 5.16. The van der Waals surface area contributed by atoms with Gasteiger partial charge in [-0.3, -0.25) is 4.79 Å². The molecule has 0 radical (unpaired) electrons. The van der Waals surface area contributed by atoms with Gasteiger partial charge in [-0.05, 0) is 50.7 Å². The number of aryl methyl sites for hydroxylation is 1. The van der Waals surface area contributed by atoms with Gasteiger partial charge in [-0.15, -0.1) is 0 Å². The van der Waals surface area contributed by atoms with Crippen LogP contribution in [0.4, 0.5) is 0 Å². The van der Waals surface area contributed by atoms with Crippen molar-refractivity contribution in [3.8, 4) is 5.75 Å². The lowest BCUT2D eigenvalue weighted by atomic mass is 10.1. The molecule has 0 N–H and O–H groups in total. The van der Waals surface area contributed by atoms with Gasteiger partial charge >= 0.3 is 5.97 Å². The van der Waals surface area contributed by atoms with Gasteiger partial charge in [0.15, 0.2) is 0 Å². The second-order valence-corrected chi connectivity index (χ2v) is 9.59. The molecule has 0 aliphatic heterocycles. The van der Waals surface area contributed by atoms with E-state index in [9.17, 15) is 4.79 Å². The molecule has 1 rings (SSSR count). The van der Waals surface area contributed by atoms with Crippen molar-refractivity contribution in [2.24, 2.45) is 0 Å². The number of hydrogen-bond donors (Lipinski definition) is 0. The normalized spacial score (nSPS) is 11.1. The van der Waals surface area contributed by atoms with E-state index in [1.807, 2.05) is 31.2 Å². The fourth-order valence-electron chi connectivity index (χ4n) is 1.56. The van der Waals surface area contributed by atoms with Crippen LogP contribution in [0.15, 0.2) is 24.3 Å². The fraction of sp³-hybridized carbons (Fsp3) is 0.500. The smallest absolute Gasteiger partial charge is 0.306 e. The summed E-state index contributed by atoms with van der Waals surface area (Å²) >= 11 is 0. The van der Waals surface area contributed by atoms with Crippen molar-refractivity contribution in [1.29, 1.82) is 0 Å². The maximum absolute atomic E-state index is 11.2. The summed E-state index contributed by atoms with van der Waals surface area (Å²) in [4.78, 5) is 11.2. The van der Waals surface area contributed by atoms with Crippen LogP contribution in [0.1, 0.15) is 18.9 Å². The zero-order valence-corrected chi connectivity index (χ0v) is 12.7. The van der Waals surface area contributed by atoms with Crippen molar-refractivity contribution in [3.63, 3.8) is 0 Å². The highest BCUT2D eigenvalue weighted by Gasteiger charge is 2.15. The third-order valence-corrected chi connectivity index (χ3v) is 3.12. The molecule has 0 saturated carbocycles. The molecule has 100 valence electrons. The molecule has 18 heavy (non-hydrogen) atoms. The maximum atomic E-state index is 11.2. The molecule has 0 unspecified atom stereocenters. The molecule has 0 aliphatic rings. The molecule has 0 heterocycles. The Labute approximate surface area is 110 Å². The van der Waals surface area contributed by atoms with Crippen LogP contribution in [0.3, 0.4) is 0 Å². The number of benzene rings is 1. The van der Waals surface area contributed by atoms with Crippen LogP contribution in [-0.2, 0) is 16.0 Å². The van der Waals surface area contributed by atoms with Crippen molar-refractivity contribution >= 4 is 14.3 Å². The Morgan fingerprint density at radius 3 is 2.28 bits per heavy atom. The Balaban J connectivity index is 2.48. The van der Waals surface area contributed by atoms with Gasteiger partial charge in [-0.1, -0.05) is 12.1 Å². The van der Waals surface area contributed by atoms with Gasteiger partial charge in [0, 0.05) is 6.42 Å². The quantitative estimate of drug-likeness (QED) is 0.585. The summed E-state index contributed by atoms with van der Waals surface area (Å²) in [7, 11) is -1.54. The molecule has 4 heteroatoms. The molecular formula is C14H22O3Si. The average molecular weight is 266 g/mol. The van der Waals surface area contributed by atoms with Gasteiger partial charge in [0.1, 0.15) is 5.75 Å². The van der Waals surface area contributed by atoms with Gasteiger partial charge in [-0.25, -0.2) is 0 Å². The van der Waals surface area contributed by atoms with Crippen LogP contribution in [-0.4, -0.2) is 20.9 Å². The van der Waals surface area contributed by atoms with E-state index in [0.717, 1.165) is 11.3 Å². The average Bonchev–Trinajstić information content (AvgIpc) is 2.26. The van der Waals surface area contributed by atoms with Gasteiger partial charge in [0.25, 0.3) is 0 Å². The highest BCUT2D eigenvalue weighted by Crippen LogP contribution is 2.17. The summed E-state index contributed by atoms with van der Waals surface area (Å²) in [5.74, 6) is 0.772. The molecule has 0 amide bonds. The lowest BCUT2D eigenvalue weighted by Crippen LogP contribution is -2.29. The Hall–Kier alpha value is -1.29. The van der Waals surface area contributed by atoms with E-state index >= 15 is 0 Å². The minimum Gasteiger partial charge on any atom is -0.544 e. The summed E-state index contributed by atoms with van der Waals surface area (Å²) in [5.41, 5.74) is 1.13. The van der Waals surface area contributed by atoms with Crippen molar-refractivity contribution < 1.29 is 14.0 Å². The van der Waals surface area contributed by atoms with Crippen LogP contribution < -0.4 is 4.43 Å². The summed E-state index contributed by atoms with van der Waals surface area (Å²) in [6.07, 6.45) is 1.15. The summed E-state index contributed by atoms with van der Waals surface area (Å²) in [5, 5.41) is 0. The first-order valence-corrected chi connectivity index (χ1v) is 9.75. The van der Waals surface area contributed by atoms with E-state index in [4.69, 9.17) is 9.16 Å². The first kappa shape index (κ1) is 14.8. The molecule has 0 saturated heterocycles. The van der Waals surface area contributed by atoms with E-state index in [1.54, 1.807) is 0 Å². The van der Waals surface area contributed by atoms with Crippen molar-refractivity contribution in [3.05, 3.63) is 29.8 Å².